The van der Waals surface area contributed by atoms with Crippen LogP contribution in [0.5, 0.6) is 5.75 Å². The summed E-state index contributed by atoms with van der Waals surface area (Å²) < 4.78 is 9.84. The summed E-state index contributed by atoms with van der Waals surface area (Å²) in [5.74, 6) is 0.450. The monoisotopic (exact) mass is 260 g/mol. The maximum absolute atomic E-state index is 11.0. The van der Waals surface area contributed by atoms with E-state index in [0.29, 0.717) is 6.54 Å². The Labute approximate surface area is 111 Å². The Hall–Kier alpha value is -2.14. The van der Waals surface area contributed by atoms with Crippen molar-refractivity contribution in [2.45, 2.75) is 6.54 Å². The molecule has 0 radical (unpaired) electrons. The van der Waals surface area contributed by atoms with Gasteiger partial charge in [0.05, 0.1) is 26.5 Å². The van der Waals surface area contributed by atoms with Crippen LogP contribution in [0.2, 0.25) is 0 Å². The third-order valence-corrected chi connectivity index (χ3v) is 2.76. The number of benzene rings is 1. The van der Waals surface area contributed by atoms with E-state index < -0.39 is 0 Å². The summed E-state index contributed by atoms with van der Waals surface area (Å²) in [5, 5.41) is 4.00. The molecule has 100 valence electrons. The number of para-hydroxylation sites is 1. The lowest BCUT2D eigenvalue weighted by Gasteiger charge is -2.07. The van der Waals surface area contributed by atoms with Gasteiger partial charge in [0.1, 0.15) is 11.3 Å². The third-order valence-electron chi connectivity index (χ3n) is 2.76. The van der Waals surface area contributed by atoms with Crippen molar-refractivity contribution in [1.82, 2.24) is 10.3 Å². The normalized spacial score (nSPS) is 10.4. The summed E-state index contributed by atoms with van der Waals surface area (Å²) in [6, 6.07) is 9.70. The summed E-state index contributed by atoms with van der Waals surface area (Å²) >= 11 is 0. The number of carbonyl (C=O) groups excluding carboxylic acids is 1. The molecule has 0 unspecified atom stereocenters. The molecule has 0 amide bonds. The van der Waals surface area contributed by atoms with Gasteiger partial charge in [-0.05, 0) is 12.1 Å². The van der Waals surface area contributed by atoms with Crippen LogP contribution in [0, 0.1) is 0 Å². The average molecular weight is 260 g/mol. The Morgan fingerprint density at radius 3 is 2.84 bits per heavy atom. The van der Waals surface area contributed by atoms with Gasteiger partial charge in [0.2, 0.25) is 0 Å². The molecule has 0 aliphatic carbocycles. The van der Waals surface area contributed by atoms with Crippen LogP contribution >= 0.6 is 0 Å². The van der Waals surface area contributed by atoms with Gasteiger partial charge in [-0.15, -0.1) is 0 Å². The number of methoxy groups -OCH3 is 2. The predicted molar refractivity (Wildman–Crippen MR) is 72.0 cm³/mol. The molecule has 1 aromatic heterocycles. The van der Waals surface area contributed by atoms with Crippen LogP contribution in [0.4, 0.5) is 0 Å². The minimum absolute atomic E-state index is 0.169. The van der Waals surface area contributed by atoms with E-state index in [-0.39, 0.29) is 12.5 Å². The quantitative estimate of drug-likeness (QED) is 0.826. The second-order valence-corrected chi connectivity index (χ2v) is 4.01. The molecule has 5 nitrogen and oxygen atoms in total. The summed E-state index contributed by atoms with van der Waals surface area (Å²) in [7, 11) is 2.99. The lowest BCUT2D eigenvalue weighted by Crippen LogP contribution is -2.23. The van der Waals surface area contributed by atoms with Gasteiger partial charge in [0.15, 0.2) is 0 Å². The molecule has 1 aromatic carbocycles. The fourth-order valence-electron chi connectivity index (χ4n) is 1.79. The zero-order valence-electron chi connectivity index (χ0n) is 11.0. The first-order chi connectivity index (χ1) is 9.24. The minimum Gasteiger partial charge on any atom is -0.494 e. The zero-order valence-corrected chi connectivity index (χ0v) is 11.0. The SMILES string of the molecule is COC(=O)CNCc1ccc2cccc(OC)c2n1. The van der Waals surface area contributed by atoms with Crippen molar-refractivity contribution in [3.05, 3.63) is 36.0 Å². The number of rotatable bonds is 5. The first-order valence-electron chi connectivity index (χ1n) is 5.94. The van der Waals surface area contributed by atoms with Crippen LogP contribution in [0.1, 0.15) is 5.69 Å². The van der Waals surface area contributed by atoms with Gasteiger partial charge < -0.3 is 14.8 Å². The number of ether oxygens (including phenoxy) is 2. The van der Waals surface area contributed by atoms with E-state index in [4.69, 9.17) is 4.74 Å². The summed E-state index contributed by atoms with van der Waals surface area (Å²) in [4.78, 5) is 15.5. The molecule has 0 saturated carbocycles. The Bertz CT molecular complexity index is 584. The van der Waals surface area contributed by atoms with Crippen molar-refractivity contribution in [3.8, 4) is 5.75 Å². The number of aromatic nitrogens is 1. The fraction of sp³-hybridized carbons (Fsp3) is 0.286. The molecular weight excluding hydrogens is 244 g/mol. The lowest BCUT2D eigenvalue weighted by atomic mass is 10.2. The summed E-state index contributed by atoms with van der Waals surface area (Å²) in [5.41, 5.74) is 1.67. The molecular formula is C14H16N2O3. The lowest BCUT2D eigenvalue weighted by molar-refractivity contribution is -0.139. The molecule has 0 bridgehead atoms. The number of nitrogens with one attached hydrogen (secondary N) is 1. The highest BCUT2D eigenvalue weighted by atomic mass is 16.5. The standard InChI is InChI=1S/C14H16N2O3/c1-18-12-5-3-4-10-6-7-11(16-14(10)12)8-15-9-13(17)19-2/h3-7,15H,8-9H2,1-2H3. The van der Waals surface area contributed by atoms with Crippen LogP contribution in [-0.2, 0) is 16.1 Å². The van der Waals surface area contributed by atoms with Crippen LogP contribution in [0.25, 0.3) is 10.9 Å². The maximum atomic E-state index is 11.0. The van der Waals surface area contributed by atoms with Crippen LogP contribution in [0.15, 0.2) is 30.3 Å². The zero-order chi connectivity index (χ0) is 13.7. The molecule has 0 aliphatic rings. The topological polar surface area (TPSA) is 60.5 Å². The van der Waals surface area contributed by atoms with Crippen LogP contribution in [0.3, 0.4) is 0 Å². The third kappa shape index (κ3) is 3.20. The first-order valence-corrected chi connectivity index (χ1v) is 5.94. The van der Waals surface area contributed by atoms with Crippen molar-refractivity contribution in [3.63, 3.8) is 0 Å². The van der Waals surface area contributed by atoms with Gasteiger partial charge in [0, 0.05) is 11.9 Å². The number of esters is 1. The van der Waals surface area contributed by atoms with E-state index >= 15 is 0 Å². The molecule has 2 aromatic rings. The highest BCUT2D eigenvalue weighted by molar-refractivity contribution is 5.84. The average Bonchev–Trinajstić information content (AvgIpc) is 2.46. The smallest absolute Gasteiger partial charge is 0.319 e. The van der Waals surface area contributed by atoms with Gasteiger partial charge >= 0.3 is 5.97 Å². The van der Waals surface area contributed by atoms with E-state index in [1.54, 1.807) is 7.11 Å². The molecule has 5 heteroatoms. The van der Waals surface area contributed by atoms with Crippen molar-refractivity contribution in [1.29, 1.82) is 0 Å². The van der Waals surface area contributed by atoms with Gasteiger partial charge in [-0.1, -0.05) is 18.2 Å². The fourth-order valence-corrected chi connectivity index (χ4v) is 1.79. The number of pyridine rings is 1. The van der Waals surface area contributed by atoms with Crippen LogP contribution in [-0.4, -0.2) is 31.7 Å². The van der Waals surface area contributed by atoms with E-state index in [9.17, 15) is 4.79 Å². The van der Waals surface area contributed by atoms with Gasteiger partial charge in [-0.25, -0.2) is 4.98 Å². The van der Waals surface area contributed by atoms with Gasteiger partial charge in [-0.3, -0.25) is 4.79 Å². The molecule has 19 heavy (non-hydrogen) atoms. The van der Waals surface area contributed by atoms with Crippen LogP contribution < -0.4 is 10.1 Å². The Morgan fingerprint density at radius 2 is 2.11 bits per heavy atom. The maximum Gasteiger partial charge on any atom is 0.319 e. The van der Waals surface area contributed by atoms with Crippen molar-refractivity contribution in [2.75, 3.05) is 20.8 Å². The number of hydrogen-bond acceptors (Lipinski definition) is 5. The van der Waals surface area contributed by atoms with E-state index in [1.165, 1.54) is 7.11 Å². The first kappa shape index (κ1) is 13.3. The molecule has 0 aliphatic heterocycles. The molecule has 0 spiro atoms. The molecule has 0 saturated heterocycles. The molecule has 0 fully saturated rings. The Kier molecular flexibility index (Phi) is 4.30. The number of hydrogen-bond donors (Lipinski definition) is 1. The van der Waals surface area contributed by atoms with E-state index in [1.807, 2.05) is 30.3 Å². The second-order valence-electron chi connectivity index (χ2n) is 4.01. The number of fused-ring (bicyclic) bond motifs is 1. The predicted octanol–water partition coefficient (Wildman–Crippen LogP) is 1.51. The number of nitrogens with zero attached hydrogens (tertiary/aromatic N) is 1. The Balaban J connectivity index is 2.14. The highest BCUT2D eigenvalue weighted by Gasteiger charge is 2.05. The summed E-state index contributed by atoms with van der Waals surface area (Å²) in [6.07, 6.45) is 0. The largest absolute Gasteiger partial charge is 0.494 e. The molecule has 1 N–H and O–H groups in total. The molecule has 1 heterocycles. The van der Waals surface area contributed by atoms with Crippen molar-refractivity contribution < 1.29 is 14.3 Å². The van der Waals surface area contributed by atoms with Gasteiger partial charge in [-0.2, -0.15) is 0 Å². The molecule has 2 rings (SSSR count). The summed E-state index contributed by atoms with van der Waals surface area (Å²) in [6.45, 7) is 0.672. The van der Waals surface area contributed by atoms with E-state index in [0.717, 1.165) is 22.3 Å². The van der Waals surface area contributed by atoms with E-state index in [2.05, 4.69) is 15.0 Å². The van der Waals surface area contributed by atoms with Crippen molar-refractivity contribution >= 4 is 16.9 Å². The Morgan fingerprint density at radius 1 is 1.26 bits per heavy atom. The number of carbonyl (C=O) groups is 1. The highest BCUT2D eigenvalue weighted by Crippen LogP contribution is 2.23. The molecule has 0 atom stereocenters. The van der Waals surface area contributed by atoms with Crippen molar-refractivity contribution in [2.24, 2.45) is 0 Å². The second kappa shape index (κ2) is 6.15. The van der Waals surface area contributed by atoms with Gasteiger partial charge in [0.25, 0.3) is 0 Å². The minimum atomic E-state index is -0.293.